The van der Waals surface area contributed by atoms with E-state index in [9.17, 15) is 4.79 Å². The van der Waals surface area contributed by atoms with Crippen molar-refractivity contribution >= 4 is 5.78 Å². The number of hydrogen-bond donors (Lipinski definition) is 1. The van der Waals surface area contributed by atoms with Crippen LogP contribution in [0, 0.1) is 10.8 Å². The molecule has 0 aromatic rings. The van der Waals surface area contributed by atoms with Crippen LogP contribution in [0.5, 0.6) is 0 Å². The Bertz CT molecular complexity index is 183. The zero-order chi connectivity index (χ0) is 10.9. The molecule has 2 nitrogen and oxygen atoms in total. The summed E-state index contributed by atoms with van der Waals surface area (Å²) < 4.78 is 0. The standard InChI is InChI=1S/C11H23NO/c1-10(2,3)8(12)7-9(13)11(4,5)6/h8H,7,12H2,1-6H3. The molecule has 1 atom stereocenters. The fourth-order valence-electron chi connectivity index (χ4n) is 0.812. The molecule has 0 aliphatic carbocycles. The molecule has 13 heavy (non-hydrogen) atoms. The van der Waals surface area contributed by atoms with Crippen molar-refractivity contribution in [2.75, 3.05) is 0 Å². The van der Waals surface area contributed by atoms with Crippen LogP contribution in [0.1, 0.15) is 48.0 Å². The van der Waals surface area contributed by atoms with Crippen molar-refractivity contribution in [2.45, 2.75) is 54.0 Å². The molecule has 2 N–H and O–H groups in total. The molecule has 0 spiro atoms. The highest BCUT2D eigenvalue weighted by atomic mass is 16.1. The van der Waals surface area contributed by atoms with Gasteiger partial charge in [-0.15, -0.1) is 0 Å². The predicted molar refractivity (Wildman–Crippen MR) is 56.5 cm³/mol. The molecule has 0 rings (SSSR count). The van der Waals surface area contributed by atoms with Crippen molar-refractivity contribution in [3.63, 3.8) is 0 Å². The maximum Gasteiger partial charge on any atom is 0.139 e. The number of rotatable bonds is 2. The molecular formula is C11H23NO. The van der Waals surface area contributed by atoms with Crippen molar-refractivity contribution in [1.82, 2.24) is 0 Å². The third kappa shape index (κ3) is 4.41. The molecule has 0 heterocycles. The predicted octanol–water partition coefficient (Wildman–Crippen LogP) is 2.37. The van der Waals surface area contributed by atoms with Crippen molar-refractivity contribution in [1.29, 1.82) is 0 Å². The number of Topliss-reactive ketones (excluding diaryl/α,β-unsaturated/α-hetero) is 1. The van der Waals surface area contributed by atoms with Gasteiger partial charge in [0, 0.05) is 17.9 Å². The maximum absolute atomic E-state index is 11.6. The van der Waals surface area contributed by atoms with Crippen molar-refractivity contribution in [3.8, 4) is 0 Å². The first-order valence-corrected chi connectivity index (χ1v) is 4.84. The normalized spacial score (nSPS) is 15.6. The highest BCUT2D eigenvalue weighted by Gasteiger charge is 2.28. The molecule has 1 unspecified atom stereocenters. The monoisotopic (exact) mass is 185 g/mol. The zero-order valence-electron chi connectivity index (χ0n) is 9.77. The Morgan fingerprint density at radius 1 is 1.15 bits per heavy atom. The SMILES string of the molecule is CC(C)(C)C(=O)CC(N)C(C)(C)C. The van der Waals surface area contributed by atoms with Gasteiger partial charge >= 0.3 is 0 Å². The van der Waals surface area contributed by atoms with Gasteiger partial charge in [-0.1, -0.05) is 41.5 Å². The second-order valence-corrected chi connectivity index (χ2v) is 5.85. The molecule has 0 aliphatic heterocycles. The summed E-state index contributed by atoms with van der Waals surface area (Å²) in [6.45, 7) is 12.0. The van der Waals surface area contributed by atoms with Crippen LogP contribution in [0.15, 0.2) is 0 Å². The average Bonchev–Trinajstić information content (AvgIpc) is 1.82. The van der Waals surface area contributed by atoms with E-state index in [0.29, 0.717) is 6.42 Å². The van der Waals surface area contributed by atoms with Gasteiger partial charge in [0.1, 0.15) is 5.78 Å². The van der Waals surface area contributed by atoms with Crippen molar-refractivity contribution in [3.05, 3.63) is 0 Å². The van der Waals surface area contributed by atoms with Gasteiger partial charge in [0.2, 0.25) is 0 Å². The molecule has 0 aromatic heterocycles. The van der Waals surface area contributed by atoms with E-state index < -0.39 is 0 Å². The van der Waals surface area contributed by atoms with Gasteiger partial charge in [0.15, 0.2) is 0 Å². The summed E-state index contributed by atoms with van der Waals surface area (Å²) in [7, 11) is 0. The van der Waals surface area contributed by atoms with E-state index in [4.69, 9.17) is 5.73 Å². The molecule has 0 aromatic carbocycles. The molecule has 0 aliphatic rings. The number of ketones is 1. The summed E-state index contributed by atoms with van der Waals surface area (Å²) in [5, 5.41) is 0. The van der Waals surface area contributed by atoms with Gasteiger partial charge in [-0.05, 0) is 5.41 Å². The lowest BCUT2D eigenvalue weighted by atomic mass is 9.79. The highest BCUT2D eigenvalue weighted by Crippen LogP contribution is 2.24. The lowest BCUT2D eigenvalue weighted by molar-refractivity contribution is -0.127. The van der Waals surface area contributed by atoms with Gasteiger partial charge in [-0.2, -0.15) is 0 Å². The largest absolute Gasteiger partial charge is 0.327 e. The smallest absolute Gasteiger partial charge is 0.139 e. The van der Waals surface area contributed by atoms with Crippen LogP contribution < -0.4 is 5.73 Å². The summed E-state index contributed by atoms with van der Waals surface area (Å²) in [6.07, 6.45) is 0.479. The van der Waals surface area contributed by atoms with E-state index in [1.165, 1.54) is 0 Å². The van der Waals surface area contributed by atoms with Gasteiger partial charge < -0.3 is 5.73 Å². The molecule has 2 heteroatoms. The molecule has 0 saturated heterocycles. The maximum atomic E-state index is 11.6. The number of carbonyl (C=O) groups is 1. The van der Waals surface area contributed by atoms with Crippen LogP contribution in [0.4, 0.5) is 0 Å². The summed E-state index contributed by atoms with van der Waals surface area (Å²) in [5.41, 5.74) is 5.68. The van der Waals surface area contributed by atoms with Gasteiger partial charge in [-0.3, -0.25) is 4.79 Å². The molecule has 0 fully saturated rings. The lowest BCUT2D eigenvalue weighted by Crippen LogP contribution is -2.39. The first-order chi connectivity index (χ1) is 5.55. The fraction of sp³-hybridized carbons (Fsp3) is 0.909. The second kappa shape index (κ2) is 3.79. The highest BCUT2D eigenvalue weighted by molar-refractivity contribution is 5.84. The molecule has 78 valence electrons. The van der Waals surface area contributed by atoms with Gasteiger partial charge in [-0.25, -0.2) is 0 Å². The van der Waals surface area contributed by atoms with Crippen LogP contribution in [0.25, 0.3) is 0 Å². The third-order valence-electron chi connectivity index (χ3n) is 2.35. The van der Waals surface area contributed by atoms with E-state index in [1.807, 2.05) is 20.8 Å². The quantitative estimate of drug-likeness (QED) is 0.717. The molecular weight excluding hydrogens is 162 g/mol. The Morgan fingerprint density at radius 3 is 1.77 bits per heavy atom. The van der Waals surface area contributed by atoms with E-state index in [2.05, 4.69) is 20.8 Å². The minimum Gasteiger partial charge on any atom is -0.327 e. The topological polar surface area (TPSA) is 43.1 Å². The number of nitrogens with two attached hydrogens (primary N) is 1. The summed E-state index contributed by atoms with van der Waals surface area (Å²) in [5.74, 6) is 0.245. The molecule has 0 amide bonds. The van der Waals surface area contributed by atoms with E-state index >= 15 is 0 Å². The minimum atomic E-state index is -0.261. The molecule has 0 bridgehead atoms. The van der Waals surface area contributed by atoms with Crippen molar-refractivity contribution < 1.29 is 4.79 Å². The fourth-order valence-corrected chi connectivity index (χ4v) is 0.812. The third-order valence-corrected chi connectivity index (χ3v) is 2.35. The minimum absolute atomic E-state index is 0.0148. The van der Waals surface area contributed by atoms with Crippen LogP contribution in [0.3, 0.4) is 0 Å². The summed E-state index contributed by atoms with van der Waals surface area (Å²) in [6, 6.07) is -0.0424. The zero-order valence-corrected chi connectivity index (χ0v) is 9.77. The van der Waals surface area contributed by atoms with Gasteiger partial charge in [0.25, 0.3) is 0 Å². The van der Waals surface area contributed by atoms with Crippen LogP contribution >= 0.6 is 0 Å². The van der Waals surface area contributed by atoms with Crippen molar-refractivity contribution in [2.24, 2.45) is 16.6 Å². The average molecular weight is 185 g/mol. The van der Waals surface area contributed by atoms with Gasteiger partial charge in [0.05, 0.1) is 0 Å². The Kier molecular flexibility index (Phi) is 3.68. The number of hydrogen-bond acceptors (Lipinski definition) is 2. The Balaban J connectivity index is 4.24. The Morgan fingerprint density at radius 2 is 1.54 bits per heavy atom. The first kappa shape index (κ1) is 12.6. The molecule has 0 saturated carbocycles. The lowest BCUT2D eigenvalue weighted by Gasteiger charge is -2.28. The summed E-state index contributed by atoms with van der Waals surface area (Å²) in [4.78, 5) is 11.6. The van der Waals surface area contributed by atoms with Crippen LogP contribution in [-0.2, 0) is 4.79 Å². The van der Waals surface area contributed by atoms with E-state index in [1.54, 1.807) is 0 Å². The first-order valence-electron chi connectivity index (χ1n) is 4.84. The second-order valence-electron chi connectivity index (χ2n) is 5.85. The Hall–Kier alpha value is -0.370. The van der Waals surface area contributed by atoms with E-state index in [0.717, 1.165) is 0 Å². The Labute approximate surface area is 81.9 Å². The van der Waals surface area contributed by atoms with Crippen LogP contribution in [0.2, 0.25) is 0 Å². The van der Waals surface area contributed by atoms with Crippen LogP contribution in [-0.4, -0.2) is 11.8 Å². The molecule has 0 radical (unpaired) electrons. The van der Waals surface area contributed by atoms with E-state index in [-0.39, 0.29) is 22.7 Å². The summed E-state index contributed by atoms with van der Waals surface area (Å²) >= 11 is 0. The number of carbonyl (C=O) groups excluding carboxylic acids is 1.